The van der Waals surface area contributed by atoms with Crippen molar-refractivity contribution in [3.8, 4) is 0 Å². The van der Waals surface area contributed by atoms with Crippen LogP contribution < -0.4 is 5.32 Å². The molecule has 0 saturated carbocycles. The molecule has 0 aromatic carbocycles. The number of allylic oxidation sites excluding steroid dienone is 1. The van der Waals surface area contributed by atoms with E-state index in [0.717, 1.165) is 12.5 Å². The summed E-state index contributed by atoms with van der Waals surface area (Å²) in [6.45, 7) is 16.7. The molecule has 16 heavy (non-hydrogen) atoms. The number of hydrogen-bond acceptors (Lipinski definition) is 2. The lowest BCUT2D eigenvalue weighted by molar-refractivity contribution is 0.149. The van der Waals surface area contributed by atoms with Gasteiger partial charge in [0.2, 0.25) is 0 Å². The minimum absolute atomic E-state index is 0.552. The molecular weight excluding hydrogens is 196 g/mol. The van der Waals surface area contributed by atoms with E-state index in [2.05, 4.69) is 44.5 Å². The first kappa shape index (κ1) is 13.6. The standard InChI is InChI=1S/C14H28N2/c1-11(2)13(5)15-10-14-6-8-16(9-7-14)12(3)4/h11-12,14-15H,5-10H2,1-4H3. The molecule has 1 saturated heterocycles. The van der Waals surface area contributed by atoms with E-state index in [1.165, 1.54) is 31.6 Å². The highest BCUT2D eigenvalue weighted by Gasteiger charge is 2.20. The van der Waals surface area contributed by atoms with Gasteiger partial charge in [-0.15, -0.1) is 0 Å². The first-order valence-electron chi connectivity index (χ1n) is 6.67. The van der Waals surface area contributed by atoms with Gasteiger partial charge in [0, 0.05) is 18.3 Å². The first-order valence-corrected chi connectivity index (χ1v) is 6.67. The lowest BCUT2D eigenvalue weighted by atomic mass is 9.95. The molecule has 0 unspecified atom stereocenters. The molecule has 0 bridgehead atoms. The van der Waals surface area contributed by atoms with Crippen LogP contribution in [-0.2, 0) is 0 Å². The molecule has 0 atom stereocenters. The topological polar surface area (TPSA) is 15.3 Å². The summed E-state index contributed by atoms with van der Waals surface area (Å²) in [5, 5.41) is 3.48. The van der Waals surface area contributed by atoms with Gasteiger partial charge >= 0.3 is 0 Å². The number of hydrogen-bond donors (Lipinski definition) is 1. The average Bonchev–Trinajstić information content (AvgIpc) is 2.26. The fourth-order valence-electron chi connectivity index (χ4n) is 2.15. The molecule has 1 fully saturated rings. The summed E-state index contributed by atoms with van der Waals surface area (Å²) < 4.78 is 0. The maximum atomic E-state index is 4.06. The van der Waals surface area contributed by atoms with Crippen LogP contribution in [0.1, 0.15) is 40.5 Å². The molecule has 0 aromatic heterocycles. The summed E-state index contributed by atoms with van der Waals surface area (Å²) in [7, 11) is 0. The molecule has 0 radical (unpaired) electrons. The van der Waals surface area contributed by atoms with Crippen LogP contribution in [0.2, 0.25) is 0 Å². The highest BCUT2D eigenvalue weighted by molar-refractivity contribution is 4.95. The molecule has 0 amide bonds. The number of piperidine rings is 1. The summed E-state index contributed by atoms with van der Waals surface area (Å²) in [5.41, 5.74) is 1.19. The molecule has 0 aliphatic carbocycles. The normalized spacial score (nSPS) is 19.4. The quantitative estimate of drug-likeness (QED) is 0.772. The van der Waals surface area contributed by atoms with Gasteiger partial charge in [-0.3, -0.25) is 0 Å². The second kappa shape index (κ2) is 6.29. The fourth-order valence-corrected chi connectivity index (χ4v) is 2.15. The minimum Gasteiger partial charge on any atom is -0.388 e. The van der Waals surface area contributed by atoms with Gasteiger partial charge in [-0.25, -0.2) is 0 Å². The van der Waals surface area contributed by atoms with Gasteiger partial charge in [-0.1, -0.05) is 20.4 Å². The Hall–Kier alpha value is -0.500. The molecule has 1 N–H and O–H groups in total. The molecule has 2 heteroatoms. The van der Waals surface area contributed by atoms with Crippen LogP contribution in [0, 0.1) is 11.8 Å². The number of rotatable bonds is 5. The van der Waals surface area contributed by atoms with Crippen LogP contribution >= 0.6 is 0 Å². The largest absolute Gasteiger partial charge is 0.388 e. The van der Waals surface area contributed by atoms with Crippen molar-refractivity contribution in [1.82, 2.24) is 10.2 Å². The van der Waals surface area contributed by atoms with Gasteiger partial charge < -0.3 is 10.2 Å². The van der Waals surface area contributed by atoms with Crippen LogP contribution in [0.25, 0.3) is 0 Å². The summed E-state index contributed by atoms with van der Waals surface area (Å²) in [6, 6.07) is 0.708. The van der Waals surface area contributed by atoms with E-state index in [4.69, 9.17) is 0 Å². The monoisotopic (exact) mass is 224 g/mol. The first-order chi connectivity index (χ1) is 7.50. The van der Waals surface area contributed by atoms with Crippen molar-refractivity contribution in [3.05, 3.63) is 12.3 Å². The van der Waals surface area contributed by atoms with Crippen molar-refractivity contribution < 1.29 is 0 Å². The zero-order valence-electron chi connectivity index (χ0n) is 11.4. The second-order valence-corrected chi connectivity index (χ2v) is 5.63. The van der Waals surface area contributed by atoms with Crippen molar-refractivity contribution >= 4 is 0 Å². The smallest absolute Gasteiger partial charge is 0.0173 e. The lowest BCUT2D eigenvalue weighted by Gasteiger charge is -2.35. The summed E-state index contributed by atoms with van der Waals surface area (Å²) in [6.07, 6.45) is 2.66. The van der Waals surface area contributed by atoms with E-state index >= 15 is 0 Å². The fraction of sp³-hybridized carbons (Fsp3) is 0.857. The number of nitrogens with zero attached hydrogens (tertiary/aromatic N) is 1. The van der Waals surface area contributed by atoms with E-state index in [1.807, 2.05) is 0 Å². The molecule has 0 aromatic rings. The van der Waals surface area contributed by atoms with Gasteiger partial charge in [0.15, 0.2) is 0 Å². The lowest BCUT2D eigenvalue weighted by Crippen LogP contribution is -2.40. The Morgan fingerprint density at radius 2 is 1.81 bits per heavy atom. The van der Waals surface area contributed by atoms with Crippen LogP contribution in [0.15, 0.2) is 12.3 Å². The van der Waals surface area contributed by atoms with E-state index in [0.29, 0.717) is 12.0 Å². The van der Waals surface area contributed by atoms with Crippen molar-refractivity contribution in [2.75, 3.05) is 19.6 Å². The third kappa shape index (κ3) is 4.17. The van der Waals surface area contributed by atoms with E-state index in [-0.39, 0.29) is 0 Å². The van der Waals surface area contributed by atoms with Crippen LogP contribution in [0.4, 0.5) is 0 Å². The molecule has 1 aliphatic rings. The Labute approximate surface area is 101 Å². The highest BCUT2D eigenvalue weighted by Crippen LogP contribution is 2.18. The van der Waals surface area contributed by atoms with Gasteiger partial charge in [0.25, 0.3) is 0 Å². The van der Waals surface area contributed by atoms with Crippen molar-refractivity contribution in [3.63, 3.8) is 0 Å². The van der Waals surface area contributed by atoms with Crippen molar-refractivity contribution in [2.24, 2.45) is 11.8 Å². The summed E-state index contributed by atoms with van der Waals surface area (Å²) in [4.78, 5) is 2.58. The van der Waals surface area contributed by atoms with Crippen LogP contribution in [-0.4, -0.2) is 30.6 Å². The van der Waals surface area contributed by atoms with E-state index in [9.17, 15) is 0 Å². The Balaban J connectivity index is 2.20. The van der Waals surface area contributed by atoms with E-state index in [1.54, 1.807) is 0 Å². The Morgan fingerprint density at radius 1 is 1.25 bits per heavy atom. The second-order valence-electron chi connectivity index (χ2n) is 5.63. The van der Waals surface area contributed by atoms with Crippen molar-refractivity contribution in [1.29, 1.82) is 0 Å². The summed E-state index contributed by atoms with van der Waals surface area (Å²) >= 11 is 0. The number of likely N-dealkylation sites (tertiary alicyclic amines) is 1. The molecule has 94 valence electrons. The van der Waals surface area contributed by atoms with Gasteiger partial charge in [0.1, 0.15) is 0 Å². The molecule has 1 rings (SSSR count). The van der Waals surface area contributed by atoms with Crippen LogP contribution in [0.3, 0.4) is 0 Å². The Morgan fingerprint density at radius 3 is 2.25 bits per heavy atom. The SMILES string of the molecule is C=C(NCC1CCN(C(C)C)CC1)C(C)C. The molecule has 1 aliphatic heterocycles. The maximum Gasteiger partial charge on any atom is 0.0173 e. The maximum absolute atomic E-state index is 4.06. The third-order valence-corrected chi connectivity index (χ3v) is 3.69. The zero-order chi connectivity index (χ0) is 12.1. The van der Waals surface area contributed by atoms with Gasteiger partial charge in [-0.05, 0) is 51.6 Å². The molecule has 1 heterocycles. The van der Waals surface area contributed by atoms with Crippen LogP contribution in [0.5, 0.6) is 0 Å². The molecule has 0 spiro atoms. The third-order valence-electron chi connectivity index (χ3n) is 3.69. The average molecular weight is 224 g/mol. The predicted molar refractivity (Wildman–Crippen MR) is 71.4 cm³/mol. The molecular formula is C14H28N2. The predicted octanol–water partition coefficient (Wildman–Crippen LogP) is 2.87. The van der Waals surface area contributed by atoms with Gasteiger partial charge in [0.05, 0.1) is 0 Å². The highest BCUT2D eigenvalue weighted by atomic mass is 15.1. The Bertz CT molecular complexity index is 213. The van der Waals surface area contributed by atoms with Crippen molar-refractivity contribution in [2.45, 2.75) is 46.6 Å². The zero-order valence-corrected chi connectivity index (χ0v) is 11.4. The van der Waals surface area contributed by atoms with Gasteiger partial charge in [-0.2, -0.15) is 0 Å². The Kier molecular flexibility index (Phi) is 5.33. The molecule has 2 nitrogen and oxygen atoms in total. The minimum atomic E-state index is 0.552. The number of nitrogens with one attached hydrogen (secondary N) is 1. The van der Waals surface area contributed by atoms with E-state index < -0.39 is 0 Å². The summed E-state index contributed by atoms with van der Waals surface area (Å²) in [5.74, 6) is 1.39.